The van der Waals surface area contributed by atoms with Crippen molar-refractivity contribution in [2.75, 3.05) is 6.26 Å². The van der Waals surface area contributed by atoms with Gasteiger partial charge in [-0.15, -0.1) is 11.8 Å². The van der Waals surface area contributed by atoms with Crippen molar-refractivity contribution in [1.29, 1.82) is 0 Å². The van der Waals surface area contributed by atoms with Crippen LogP contribution in [0.1, 0.15) is 12.0 Å². The van der Waals surface area contributed by atoms with Crippen molar-refractivity contribution in [2.24, 2.45) is 0 Å². The Kier molecular flexibility index (Phi) is 4.33. The summed E-state index contributed by atoms with van der Waals surface area (Å²) in [6, 6.07) is 10.5. The number of thiocarbonyl (C=S) groups is 1. The van der Waals surface area contributed by atoms with Gasteiger partial charge in [0.1, 0.15) is 0 Å². The summed E-state index contributed by atoms with van der Waals surface area (Å²) in [6.07, 6.45) is 4.12. The number of rotatable bonds is 3. The van der Waals surface area contributed by atoms with Crippen LogP contribution in [0.25, 0.3) is 0 Å². The Balaban J connectivity index is 2.38. The second-order valence-corrected chi connectivity index (χ2v) is 4.21. The second kappa shape index (κ2) is 5.33. The smallest absolute Gasteiger partial charge is 0.0479 e. The van der Waals surface area contributed by atoms with E-state index in [1.54, 1.807) is 11.8 Å². The van der Waals surface area contributed by atoms with Crippen LogP contribution in [0.2, 0.25) is 0 Å². The van der Waals surface area contributed by atoms with E-state index in [9.17, 15) is 0 Å². The third kappa shape index (κ3) is 3.37. The molecule has 0 nitrogen and oxygen atoms in total. The number of aryl methyl sites for hydroxylation is 1. The summed E-state index contributed by atoms with van der Waals surface area (Å²) in [7, 11) is 0. The molecule has 0 radical (unpaired) electrons. The van der Waals surface area contributed by atoms with Crippen LogP contribution in [0.15, 0.2) is 30.3 Å². The molecule has 1 rings (SSSR count). The minimum Gasteiger partial charge on any atom is -0.122 e. The molecule has 0 spiro atoms. The number of hydrogen-bond acceptors (Lipinski definition) is 2. The van der Waals surface area contributed by atoms with Crippen LogP contribution in [0.4, 0.5) is 0 Å². The molecular weight excluding hydrogens is 184 g/mol. The zero-order chi connectivity index (χ0) is 8.81. The molecule has 1 aromatic carbocycles. The van der Waals surface area contributed by atoms with Crippen LogP contribution >= 0.6 is 24.0 Å². The Hall–Kier alpha value is -0.340. The highest BCUT2D eigenvalue weighted by atomic mass is 32.2. The van der Waals surface area contributed by atoms with Gasteiger partial charge in [0.05, 0.1) is 0 Å². The van der Waals surface area contributed by atoms with Crippen molar-refractivity contribution < 1.29 is 0 Å². The lowest BCUT2D eigenvalue weighted by molar-refractivity contribution is 1.06. The molecule has 0 heterocycles. The van der Waals surface area contributed by atoms with Crippen LogP contribution in [-0.2, 0) is 6.42 Å². The Morgan fingerprint density at radius 3 is 2.58 bits per heavy atom. The lowest BCUT2D eigenvalue weighted by Gasteiger charge is -1.99. The van der Waals surface area contributed by atoms with Gasteiger partial charge in [0.15, 0.2) is 0 Å². The highest BCUT2D eigenvalue weighted by Crippen LogP contribution is 2.08. The average Bonchev–Trinajstić information content (AvgIpc) is 2.16. The third-order valence-electron chi connectivity index (χ3n) is 1.69. The van der Waals surface area contributed by atoms with E-state index in [4.69, 9.17) is 12.2 Å². The van der Waals surface area contributed by atoms with Gasteiger partial charge in [0, 0.05) is 4.20 Å². The van der Waals surface area contributed by atoms with Gasteiger partial charge in [0.25, 0.3) is 0 Å². The quantitative estimate of drug-likeness (QED) is 0.680. The minimum atomic E-state index is 1.01. The summed E-state index contributed by atoms with van der Waals surface area (Å²) in [5, 5.41) is 0. The minimum absolute atomic E-state index is 1.01. The fourth-order valence-corrected chi connectivity index (χ4v) is 1.40. The molecule has 0 unspecified atom stereocenters. The topological polar surface area (TPSA) is 0 Å². The molecule has 12 heavy (non-hydrogen) atoms. The van der Waals surface area contributed by atoms with E-state index in [1.165, 1.54) is 5.56 Å². The normalized spacial score (nSPS) is 9.75. The van der Waals surface area contributed by atoms with Gasteiger partial charge in [-0.25, -0.2) is 0 Å². The first-order chi connectivity index (χ1) is 5.83. The van der Waals surface area contributed by atoms with E-state index in [1.807, 2.05) is 12.3 Å². The molecular formula is C10H12S2. The first-order valence-electron chi connectivity index (χ1n) is 3.93. The number of benzene rings is 1. The van der Waals surface area contributed by atoms with E-state index < -0.39 is 0 Å². The first-order valence-corrected chi connectivity index (χ1v) is 5.57. The standard InChI is InChI=1S/C10H12S2/c1-12-10(11)8-7-9-5-3-2-4-6-9/h2-6H,7-8H2,1H3. The van der Waals surface area contributed by atoms with E-state index in [0.717, 1.165) is 17.0 Å². The maximum atomic E-state index is 5.12. The molecule has 0 saturated heterocycles. The van der Waals surface area contributed by atoms with Crippen LogP contribution in [0, 0.1) is 0 Å². The summed E-state index contributed by atoms with van der Waals surface area (Å²) in [6.45, 7) is 0. The van der Waals surface area contributed by atoms with Crippen LogP contribution < -0.4 is 0 Å². The molecule has 1 aromatic rings. The SMILES string of the molecule is CSC(=S)CCc1ccccc1. The van der Waals surface area contributed by atoms with Crippen LogP contribution in [0.3, 0.4) is 0 Å². The van der Waals surface area contributed by atoms with E-state index in [-0.39, 0.29) is 0 Å². The second-order valence-electron chi connectivity index (χ2n) is 2.56. The van der Waals surface area contributed by atoms with Crippen molar-refractivity contribution in [3.05, 3.63) is 35.9 Å². The van der Waals surface area contributed by atoms with Gasteiger partial charge >= 0.3 is 0 Å². The van der Waals surface area contributed by atoms with Crippen molar-refractivity contribution in [3.8, 4) is 0 Å². The van der Waals surface area contributed by atoms with Crippen LogP contribution in [-0.4, -0.2) is 10.5 Å². The monoisotopic (exact) mass is 196 g/mol. The summed E-state index contributed by atoms with van der Waals surface area (Å²) < 4.78 is 1.10. The van der Waals surface area contributed by atoms with Gasteiger partial charge in [-0.05, 0) is 24.7 Å². The number of hydrogen-bond donors (Lipinski definition) is 0. The van der Waals surface area contributed by atoms with Crippen molar-refractivity contribution in [2.45, 2.75) is 12.8 Å². The Bertz CT molecular complexity index is 241. The van der Waals surface area contributed by atoms with E-state index in [0.29, 0.717) is 0 Å². The van der Waals surface area contributed by atoms with Gasteiger partial charge in [-0.2, -0.15) is 0 Å². The predicted octanol–water partition coefficient (Wildman–Crippen LogP) is 3.31. The Morgan fingerprint density at radius 1 is 1.33 bits per heavy atom. The molecule has 64 valence electrons. The maximum absolute atomic E-state index is 5.12. The lowest BCUT2D eigenvalue weighted by atomic mass is 10.1. The van der Waals surface area contributed by atoms with Gasteiger partial charge in [-0.1, -0.05) is 42.5 Å². The zero-order valence-electron chi connectivity index (χ0n) is 7.12. The molecule has 0 atom stereocenters. The fraction of sp³-hybridized carbons (Fsp3) is 0.300. The molecule has 0 fully saturated rings. The highest BCUT2D eigenvalue weighted by Gasteiger charge is 1.95. The molecule has 2 heteroatoms. The van der Waals surface area contributed by atoms with Crippen molar-refractivity contribution in [1.82, 2.24) is 0 Å². The van der Waals surface area contributed by atoms with Gasteiger partial charge in [-0.3, -0.25) is 0 Å². The van der Waals surface area contributed by atoms with E-state index >= 15 is 0 Å². The average molecular weight is 196 g/mol. The molecule has 0 saturated carbocycles. The van der Waals surface area contributed by atoms with Crippen molar-refractivity contribution >= 4 is 28.2 Å². The molecule has 0 aliphatic carbocycles. The largest absolute Gasteiger partial charge is 0.122 e. The third-order valence-corrected chi connectivity index (χ3v) is 3.05. The summed E-state index contributed by atoms with van der Waals surface area (Å²) in [4.78, 5) is 0. The molecule has 0 aliphatic rings. The first kappa shape index (κ1) is 9.75. The van der Waals surface area contributed by atoms with E-state index in [2.05, 4.69) is 24.3 Å². The molecule has 0 aliphatic heterocycles. The summed E-state index contributed by atoms with van der Waals surface area (Å²) in [5.74, 6) is 0. The highest BCUT2D eigenvalue weighted by molar-refractivity contribution is 8.22. The summed E-state index contributed by atoms with van der Waals surface area (Å²) in [5.41, 5.74) is 1.37. The maximum Gasteiger partial charge on any atom is 0.0479 e. The van der Waals surface area contributed by atoms with Gasteiger partial charge in [0.2, 0.25) is 0 Å². The predicted molar refractivity (Wildman–Crippen MR) is 60.9 cm³/mol. The Morgan fingerprint density at radius 2 is 2.00 bits per heavy atom. The lowest BCUT2D eigenvalue weighted by Crippen LogP contribution is -1.91. The molecule has 0 aromatic heterocycles. The summed E-state index contributed by atoms with van der Waals surface area (Å²) >= 11 is 6.79. The number of thioether (sulfide) groups is 1. The van der Waals surface area contributed by atoms with Gasteiger partial charge < -0.3 is 0 Å². The molecule has 0 amide bonds. The fourth-order valence-electron chi connectivity index (χ4n) is 0.993. The molecule has 0 bridgehead atoms. The van der Waals surface area contributed by atoms with Crippen molar-refractivity contribution in [3.63, 3.8) is 0 Å². The zero-order valence-corrected chi connectivity index (χ0v) is 8.75. The Labute approximate surface area is 83.4 Å². The molecule has 0 N–H and O–H groups in total. The van der Waals surface area contributed by atoms with Crippen LogP contribution in [0.5, 0.6) is 0 Å².